The van der Waals surface area contributed by atoms with Crippen LogP contribution in [0.1, 0.15) is 10.5 Å². The largest absolute Gasteiger partial charge is 0.397 e. The average Bonchev–Trinajstić information content (AvgIpc) is 2.64. The van der Waals surface area contributed by atoms with Gasteiger partial charge in [-0.1, -0.05) is 18.2 Å². The van der Waals surface area contributed by atoms with Gasteiger partial charge >= 0.3 is 0 Å². The van der Waals surface area contributed by atoms with E-state index in [0.29, 0.717) is 11.4 Å². The van der Waals surface area contributed by atoms with Crippen molar-refractivity contribution in [3.8, 4) is 11.1 Å². The Balaban J connectivity index is 1.84. The molecule has 5 nitrogen and oxygen atoms in total. The number of amides is 1. The minimum Gasteiger partial charge on any atom is -0.397 e. The van der Waals surface area contributed by atoms with Crippen molar-refractivity contribution in [1.82, 2.24) is 10.2 Å². The molecule has 0 fully saturated rings. The van der Waals surface area contributed by atoms with Crippen LogP contribution >= 0.6 is 11.8 Å². The van der Waals surface area contributed by atoms with Gasteiger partial charge in [-0.25, -0.2) is 4.39 Å². The van der Waals surface area contributed by atoms with Gasteiger partial charge in [-0.3, -0.25) is 4.79 Å². The van der Waals surface area contributed by atoms with Crippen LogP contribution < -0.4 is 11.1 Å². The number of nitrogens with zero attached hydrogens (tertiary/aromatic N) is 2. The maximum absolute atomic E-state index is 13.1. The Kier molecular flexibility index (Phi) is 4.95. The van der Waals surface area contributed by atoms with Crippen molar-refractivity contribution in [3.05, 3.63) is 66.1 Å². The van der Waals surface area contributed by atoms with Crippen molar-refractivity contribution in [2.45, 2.75) is 5.03 Å². The molecule has 0 unspecified atom stereocenters. The van der Waals surface area contributed by atoms with Crippen LogP contribution in [0.25, 0.3) is 11.1 Å². The highest BCUT2D eigenvalue weighted by molar-refractivity contribution is 7.98. The van der Waals surface area contributed by atoms with Crippen LogP contribution in [0.3, 0.4) is 0 Å². The molecule has 0 spiro atoms. The van der Waals surface area contributed by atoms with Crippen molar-refractivity contribution < 1.29 is 9.18 Å². The van der Waals surface area contributed by atoms with E-state index in [1.165, 1.54) is 23.9 Å². The second-order valence-corrected chi connectivity index (χ2v) is 6.05. The lowest BCUT2D eigenvalue weighted by atomic mass is 10.0. The lowest BCUT2D eigenvalue weighted by Crippen LogP contribution is -2.15. The Labute approximate surface area is 148 Å². The fraction of sp³-hybridized carbons (Fsp3) is 0.0556. The Bertz CT molecular complexity index is 898. The molecule has 3 N–H and O–H groups in total. The van der Waals surface area contributed by atoms with Crippen LogP contribution in [0, 0.1) is 5.82 Å². The molecule has 1 aromatic heterocycles. The molecule has 0 bridgehead atoms. The molecule has 7 heteroatoms. The number of nitrogen functional groups attached to an aromatic ring is 1. The van der Waals surface area contributed by atoms with Crippen molar-refractivity contribution in [2.24, 2.45) is 0 Å². The molecule has 3 aromatic rings. The van der Waals surface area contributed by atoms with E-state index in [4.69, 9.17) is 5.73 Å². The van der Waals surface area contributed by atoms with Crippen LogP contribution in [-0.4, -0.2) is 22.4 Å². The first-order valence-electron chi connectivity index (χ1n) is 7.41. The van der Waals surface area contributed by atoms with Crippen LogP contribution in [0.2, 0.25) is 0 Å². The third-order valence-corrected chi connectivity index (χ3v) is 4.20. The number of hydrogen-bond acceptors (Lipinski definition) is 5. The van der Waals surface area contributed by atoms with Crippen molar-refractivity contribution in [1.29, 1.82) is 0 Å². The topological polar surface area (TPSA) is 80.9 Å². The lowest BCUT2D eigenvalue weighted by molar-refractivity contribution is 0.102. The SMILES string of the molecule is CSc1ccc(C(=O)Nc2cc(-c3ccc(F)cc3)ccc2N)nn1. The molecule has 0 aliphatic carbocycles. The van der Waals surface area contributed by atoms with Crippen LogP contribution in [0.15, 0.2) is 59.6 Å². The standard InChI is InChI=1S/C18H15FN4OS/c1-25-17-9-8-15(22-23-17)18(24)21-16-10-12(4-7-14(16)20)11-2-5-13(19)6-3-11/h2-10H,20H2,1H3,(H,21,24). The highest BCUT2D eigenvalue weighted by Crippen LogP contribution is 2.27. The summed E-state index contributed by atoms with van der Waals surface area (Å²) in [7, 11) is 0. The third kappa shape index (κ3) is 3.95. The van der Waals surface area contributed by atoms with Gasteiger partial charge in [-0.15, -0.1) is 22.0 Å². The fourth-order valence-electron chi connectivity index (χ4n) is 2.22. The van der Waals surface area contributed by atoms with Crippen molar-refractivity contribution >= 4 is 29.0 Å². The molecule has 1 heterocycles. The first-order valence-corrected chi connectivity index (χ1v) is 8.64. The number of hydrogen-bond donors (Lipinski definition) is 2. The average molecular weight is 354 g/mol. The number of carbonyl (C=O) groups excluding carboxylic acids is 1. The molecule has 0 aliphatic rings. The zero-order chi connectivity index (χ0) is 17.8. The molecule has 0 saturated heterocycles. The summed E-state index contributed by atoms with van der Waals surface area (Å²) in [5.41, 5.74) is 8.67. The first-order chi connectivity index (χ1) is 12.1. The Morgan fingerprint density at radius 2 is 1.76 bits per heavy atom. The number of benzene rings is 2. The predicted molar refractivity (Wildman–Crippen MR) is 98.0 cm³/mol. The van der Waals surface area contributed by atoms with Gasteiger partial charge in [0.15, 0.2) is 5.69 Å². The molecular weight excluding hydrogens is 339 g/mol. The maximum atomic E-state index is 13.1. The number of carbonyl (C=O) groups is 1. The molecule has 3 rings (SSSR count). The van der Waals surface area contributed by atoms with Gasteiger partial charge in [0.05, 0.1) is 11.4 Å². The summed E-state index contributed by atoms with van der Waals surface area (Å²) >= 11 is 1.44. The normalized spacial score (nSPS) is 10.5. The number of aromatic nitrogens is 2. The van der Waals surface area contributed by atoms with E-state index in [1.54, 1.807) is 36.4 Å². The number of nitrogens with one attached hydrogen (secondary N) is 1. The van der Waals surface area contributed by atoms with E-state index in [1.807, 2.05) is 12.3 Å². The number of nitrogens with two attached hydrogens (primary N) is 1. The molecule has 0 radical (unpaired) electrons. The van der Waals surface area contributed by atoms with E-state index >= 15 is 0 Å². The van der Waals surface area contributed by atoms with Gasteiger partial charge < -0.3 is 11.1 Å². The highest BCUT2D eigenvalue weighted by atomic mass is 32.2. The minimum atomic E-state index is -0.400. The molecule has 0 aliphatic heterocycles. The molecular formula is C18H15FN4OS. The smallest absolute Gasteiger partial charge is 0.276 e. The summed E-state index contributed by atoms with van der Waals surface area (Å²) in [5, 5.41) is 11.3. The summed E-state index contributed by atoms with van der Waals surface area (Å²) in [4.78, 5) is 12.3. The summed E-state index contributed by atoms with van der Waals surface area (Å²) in [6.45, 7) is 0. The maximum Gasteiger partial charge on any atom is 0.276 e. The number of halogens is 1. The molecule has 0 saturated carbocycles. The molecule has 126 valence electrons. The van der Waals surface area contributed by atoms with Crippen molar-refractivity contribution in [2.75, 3.05) is 17.3 Å². The zero-order valence-corrected chi connectivity index (χ0v) is 14.2. The van der Waals surface area contributed by atoms with Crippen molar-refractivity contribution in [3.63, 3.8) is 0 Å². The van der Waals surface area contributed by atoms with Crippen LogP contribution in [0.4, 0.5) is 15.8 Å². The van der Waals surface area contributed by atoms with Gasteiger partial charge in [0.25, 0.3) is 5.91 Å². The third-order valence-electron chi connectivity index (χ3n) is 3.56. The number of thioether (sulfide) groups is 1. The monoisotopic (exact) mass is 354 g/mol. The zero-order valence-electron chi connectivity index (χ0n) is 13.4. The van der Waals surface area contributed by atoms with E-state index in [2.05, 4.69) is 15.5 Å². The fourth-order valence-corrected chi connectivity index (χ4v) is 2.55. The Hall–Kier alpha value is -2.93. The molecule has 0 atom stereocenters. The van der Waals surface area contributed by atoms with Crippen LogP contribution in [0.5, 0.6) is 0 Å². The number of anilines is 2. The Morgan fingerprint density at radius 3 is 2.40 bits per heavy atom. The van der Waals surface area contributed by atoms with Crippen LogP contribution in [-0.2, 0) is 0 Å². The lowest BCUT2D eigenvalue weighted by Gasteiger charge is -2.10. The quantitative estimate of drug-likeness (QED) is 0.550. The van der Waals surface area contributed by atoms with E-state index < -0.39 is 5.91 Å². The van der Waals surface area contributed by atoms with Gasteiger partial charge in [-0.05, 0) is 53.8 Å². The minimum absolute atomic E-state index is 0.199. The summed E-state index contributed by atoms with van der Waals surface area (Å²) in [5.74, 6) is -0.705. The molecule has 2 aromatic carbocycles. The first kappa shape index (κ1) is 16.9. The van der Waals surface area contributed by atoms with E-state index in [-0.39, 0.29) is 11.5 Å². The number of rotatable bonds is 4. The molecule has 1 amide bonds. The second kappa shape index (κ2) is 7.31. The van der Waals surface area contributed by atoms with E-state index in [9.17, 15) is 9.18 Å². The summed E-state index contributed by atoms with van der Waals surface area (Å²) in [6, 6.07) is 14.7. The van der Waals surface area contributed by atoms with Gasteiger partial charge in [0.2, 0.25) is 0 Å². The summed E-state index contributed by atoms with van der Waals surface area (Å²) in [6.07, 6.45) is 1.88. The molecule has 25 heavy (non-hydrogen) atoms. The van der Waals surface area contributed by atoms with Gasteiger partial charge in [0.1, 0.15) is 10.8 Å². The van der Waals surface area contributed by atoms with Gasteiger partial charge in [0, 0.05) is 0 Å². The Morgan fingerprint density at radius 1 is 1.04 bits per heavy atom. The van der Waals surface area contributed by atoms with Gasteiger partial charge in [-0.2, -0.15) is 0 Å². The van der Waals surface area contributed by atoms with E-state index in [0.717, 1.165) is 16.2 Å². The predicted octanol–water partition coefficient (Wildman–Crippen LogP) is 3.84. The second-order valence-electron chi connectivity index (χ2n) is 5.22. The summed E-state index contributed by atoms with van der Waals surface area (Å²) < 4.78 is 13.1. The highest BCUT2D eigenvalue weighted by Gasteiger charge is 2.11.